The van der Waals surface area contributed by atoms with Crippen LogP contribution in [0.15, 0.2) is 58.8 Å². The maximum absolute atomic E-state index is 14.2. The maximum atomic E-state index is 14.2. The molecule has 3 aromatic rings. The molecule has 0 spiro atoms. The molecule has 128 valence electrons. The van der Waals surface area contributed by atoms with E-state index in [1.807, 2.05) is 30.3 Å². The highest BCUT2D eigenvalue weighted by molar-refractivity contribution is 7.89. The lowest BCUT2D eigenvalue weighted by atomic mass is 9.97. The normalized spacial score (nSPS) is 11.4. The molecule has 5 nitrogen and oxygen atoms in total. The van der Waals surface area contributed by atoms with Crippen molar-refractivity contribution in [1.29, 1.82) is 0 Å². The van der Waals surface area contributed by atoms with Crippen molar-refractivity contribution >= 4 is 27.3 Å². The highest BCUT2D eigenvalue weighted by atomic mass is 32.2. The van der Waals surface area contributed by atoms with Gasteiger partial charge in [0.05, 0.1) is 0 Å². The molecule has 0 saturated carbocycles. The topological polar surface area (TPSA) is 97.5 Å². The molecular weight excluding hydrogens is 365 g/mol. The number of sulfonamides is 1. The Labute approximate surface area is 147 Å². The summed E-state index contributed by atoms with van der Waals surface area (Å²) in [5.74, 6) is -2.17. The number of benzene rings is 2. The Hall–Kier alpha value is -2.55. The molecule has 0 saturated heterocycles. The number of hydrogen-bond donors (Lipinski definition) is 2. The molecule has 0 aliphatic rings. The third kappa shape index (κ3) is 3.32. The summed E-state index contributed by atoms with van der Waals surface area (Å²) >= 11 is 1.02. The summed E-state index contributed by atoms with van der Waals surface area (Å²) in [7, 11) is -4.20. The Bertz CT molecular complexity index is 1060. The van der Waals surface area contributed by atoms with Crippen LogP contribution in [0.4, 0.5) is 4.39 Å². The Morgan fingerprint density at radius 2 is 1.76 bits per heavy atom. The SMILES string of the molecule is NS(=O)(=O)c1ccc(-c2c(-c3ccccc3)csc2C(=O)O)cc1F. The first kappa shape index (κ1) is 17.3. The van der Waals surface area contributed by atoms with Crippen LogP contribution in [0.1, 0.15) is 9.67 Å². The van der Waals surface area contributed by atoms with Crippen LogP contribution in [0.3, 0.4) is 0 Å². The molecule has 0 radical (unpaired) electrons. The zero-order chi connectivity index (χ0) is 18.2. The van der Waals surface area contributed by atoms with Crippen LogP contribution in [0.5, 0.6) is 0 Å². The molecule has 3 rings (SSSR count). The minimum atomic E-state index is -4.20. The van der Waals surface area contributed by atoms with Crippen LogP contribution in [-0.4, -0.2) is 19.5 Å². The van der Waals surface area contributed by atoms with Gasteiger partial charge in [-0.15, -0.1) is 11.3 Å². The predicted octanol–water partition coefficient (Wildman–Crippen LogP) is 3.57. The molecule has 2 aromatic carbocycles. The average Bonchev–Trinajstić information content (AvgIpc) is 2.99. The van der Waals surface area contributed by atoms with Crippen LogP contribution < -0.4 is 5.14 Å². The van der Waals surface area contributed by atoms with Crippen molar-refractivity contribution in [2.75, 3.05) is 0 Å². The van der Waals surface area contributed by atoms with Gasteiger partial charge in [-0.3, -0.25) is 0 Å². The van der Waals surface area contributed by atoms with Gasteiger partial charge < -0.3 is 5.11 Å². The van der Waals surface area contributed by atoms with Crippen LogP contribution in [0, 0.1) is 5.82 Å². The van der Waals surface area contributed by atoms with E-state index in [2.05, 4.69) is 0 Å². The van der Waals surface area contributed by atoms with Crippen LogP contribution in [-0.2, 0) is 10.0 Å². The number of rotatable bonds is 4. The van der Waals surface area contributed by atoms with Gasteiger partial charge in [-0.25, -0.2) is 22.7 Å². The first-order valence-electron chi connectivity index (χ1n) is 7.02. The largest absolute Gasteiger partial charge is 0.477 e. The van der Waals surface area contributed by atoms with Crippen molar-refractivity contribution in [1.82, 2.24) is 0 Å². The maximum Gasteiger partial charge on any atom is 0.346 e. The summed E-state index contributed by atoms with van der Waals surface area (Å²) in [5.41, 5.74) is 2.01. The second kappa shape index (κ2) is 6.40. The fourth-order valence-corrected chi connectivity index (χ4v) is 4.04. The van der Waals surface area contributed by atoms with Gasteiger partial charge in [0.1, 0.15) is 15.6 Å². The molecule has 0 atom stereocenters. The van der Waals surface area contributed by atoms with Crippen molar-refractivity contribution in [2.24, 2.45) is 5.14 Å². The molecule has 1 heterocycles. The van der Waals surface area contributed by atoms with Gasteiger partial charge in [0.25, 0.3) is 0 Å². The Kier molecular flexibility index (Phi) is 4.42. The lowest BCUT2D eigenvalue weighted by molar-refractivity contribution is 0.0703. The molecule has 0 aliphatic carbocycles. The second-order valence-corrected chi connectivity index (χ2v) is 7.62. The Balaban J connectivity index is 2.25. The number of carbonyl (C=O) groups is 1. The number of primary sulfonamides is 1. The highest BCUT2D eigenvalue weighted by Gasteiger charge is 2.22. The van der Waals surface area contributed by atoms with Crippen LogP contribution in [0.25, 0.3) is 22.3 Å². The molecule has 0 amide bonds. The van der Waals surface area contributed by atoms with Crippen molar-refractivity contribution in [3.8, 4) is 22.3 Å². The standard InChI is InChI=1S/C17H12FNO4S2/c18-13-8-11(6-7-14(13)25(19,22)23)15-12(9-24-16(15)17(20)21)10-4-2-1-3-5-10/h1-9H,(H,20,21)(H2,19,22,23). The van der Waals surface area contributed by atoms with Gasteiger partial charge in [0, 0.05) is 16.5 Å². The predicted molar refractivity (Wildman–Crippen MR) is 93.5 cm³/mol. The smallest absolute Gasteiger partial charge is 0.346 e. The quantitative estimate of drug-likeness (QED) is 0.726. The number of aromatic carboxylic acids is 1. The minimum Gasteiger partial charge on any atom is -0.477 e. The number of thiophene rings is 1. The molecule has 0 bridgehead atoms. The molecule has 1 aromatic heterocycles. The van der Waals surface area contributed by atoms with Crippen LogP contribution in [0.2, 0.25) is 0 Å². The van der Waals surface area contributed by atoms with Gasteiger partial charge in [-0.2, -0.15) is 0 Å². The van der Waals surface area contributed by atoms with E-state index in [0.717, 1.165) is 29.0 Å². The zero-order valence-electron chi connectivity index (χ0n) is 12.6. The van der Waals surface area contributed by atoms with E-state index < -0.39 is 26.7 Å². The van der Waals surface area contributed by atoms with Gasteiger partial charge >= 0.3 is 5.97 Å². The molecule has 3 N–H and O–H groups in total. The number of carboxylic acid groups (broad SMARTS) is 1. The fraction of sp³-hybridized carbons (Fsp3) is 0. The number of carboxylic acids is 1. The Morgan fingerprint density at radius 3 is 2.32 bits per heavy atom. The first-order chi connectivity index (χ1) is 11.8. The number of nitrogens with two attached hydrogens (primary N) is 1. The van der Waals surface area contributed by atoms with E-state index in [1.165, 1.54) is 6.07 Å². The van der Waals surface area contributed by atoms with E-state index >= 15 is 0 Å². The molecule has 25 heavy (non-hydrogen) atoms. The Morgan fingerprint density at radius 1 is 1.08 bits per heavy atom. The van der Waals surface area contributed by atoms with Crippen molar-refractivity contribution in [3.63, 3.8) is 0 Å². The summed E-state index contributed by atoms with van der Waals surface area (Å²) < 4.78 is 36.9. The lowest BCUT2D eigenvalue weighted by Gasteiger charge is -2.08. The van der Waals surface area contributed by atoms with E-state index in [9.17, 15) is 22.7 Å². The fourth-order valence-electron chi connectivity index (χ4n) is 2.52. The van der Waals surface area contributed by atoms with E-state index in [4.69, 9.17) is 5.14 Å². The van der Waals surface area contributed by atoms with Crippen molar-refractivity contribution < 1.29 is 22.7 Å². The van der Waals surface area contributed by atoms with E-state index in [0.29, 0.717) is 11.1 Å². The van der Waals surface area contributed by atoms with Crippen molar-refractivity contribution in [2.45, 2.75) is 4.90 Å². The first-order valence-corrected chi connectivity index (χ1v) is 9.44. The van der Waals surface area contributed by atoms with Gasteiger partial charge in [0.15, 0.2) is 0 Å². The van der Waals surface area contributed by atoms with Crippen LogP contribution >= 0.6 is 11.3 Å². The van der Waals surface area contributed by atoms with Gasteiger partial charge in [-0.1, -0.05) is 36.4 Å². The number of hydrogen-bond acceptors (Lipinski definition) is 4. The molecule has 0 fully saturated rings. The summed E-state index contributed by atoms with van der Waals surface area (Å²) in [6, 6.07) is 12.4. The summed E-state index contributed by atoms with van der Waals surface area (Å²) in [6.07, 6.45) is 0. The minimum absolute atomic E-state index is 0.0432. The monoisotopic (exact) mass is 377 g/mol. The average molecular weight is 377 g/mol. The molecule has 0 unspecified atom stereocenters. The lowest BCUT2D eigenvalue weighted by Crippen LogP contribution is -2.14. The van der Waals surface area contributed by atoms with E-state index in [-0.39, 0.29) is 10.4 Å². The zero-order valence-corrected chi connectivity index (χ0v) is 14.3. The van der Waals surface area contributed by atoms with E-state index in [1.54, 1.807) is 5.38 Å². The molecule has 0 aliphatic heterocycles. The molecule has 8 heteroatoms. The summed E-state index contributed by atoms with van der Waals surface area (Å²) in [6.45, 7) is 0. The summed E-state index contributed by atoms with van der Waals surface area (Å²) in [4.78, 5) is 11.0. The third-order valence-electron chi connectivity index (χ3n) is 3.60. The highest BCUT2D eigenvalue weighted by Crippen LogP contribution is 2.40. The summed E-state index contributed by atoms with van der Waals surface area (Å²) in [5, 5.41) is 16.1. The van der Waals surface area contributed by atoms with Crippen molar-refractivity contribution in [3.05, 3.63) is 64.6 Å². The third-order valence-corrected chi connectivity index (χ3v) is 5.51. The van der Waals surface area contributed by atoms with Gasteiger partial charge in [-0.05, 0) is 23.3 Å². The second-order valence-electron chi connectivity index (χ2n) is 5.21. The molecular formula is C17H12FNO4S2. The van der Waals surface area contributed by atoms with Gasteiger partial charge in [0.2, 0.25) is 10.0 Å². The number of halogens is 1.